The molecular formula is C47H31N3S. The Balaban J connectivity index is 1.29. The van der Waals surface area contributed by atoms with Gasteiger partial charge in [0.25, 0.3) is 0 Å². The fourth-order valence-corrected chi connectivity index (χ4v) is 8.48. The molecule has 51 heavy (non-hydrogen) atoms. The molecule has 0 unspecified atom stereocenters. The molecule has 240 valence electrons. The van der Waals surface area contributed by atoms with Gasteiger partial charge in [0.2, 0.25) is 0 Å². The molecule has 0 bridgehead atoms. The van der Waals surface area contributed by atoms with E-state index in [4.69, 9.17) is 12.7 Å². The van der Waals surface area contributed by atoms with Gasteiger partial charge in [0.05, 0.1) is 16.7 Å². The van der Waals surface area contributed by atoms with Crippen molar-refractivity contribution in [3.05, 3.63) is 187 Å². The highest BCUT2D eigenvalue weighted by atomic mass is 32.1. The normalized spacial score (nSPS) is 12.5. The lowest BCUT2D eigenvalue weighted by Gasteiger charge is -2.20. The molecule has 0 saturated carbocycles. The van der Waals surface area contributed by atoms with Crippen LogP contribution in [-0.2, 0) is 6.37 Å². The number of rotatable bonds is 6. The quantitative estimate of drug-likeness (QED) is 0.176. The van der Waals surface area contributed by atoms with Crippen LogP contribution >= 0.6 is 11.3 Å². The minimum Gasteiger partial charge on any atom is -0.291 e. The lowest BCUT2D eigenvalue weighted by atomic mass is 9.95. The molecule has 10 rings (SSSR count). The first-order chi connectivity index (χ1) is 26.1. The maximum absolute atomic E-state index is 9.02. The van der Waals surface area contributed by atoms with Gasteiger partial charge in [-0.1, -0.05) is 152 Å². The van der Waals surface area contributed by atoms with Gasteiger partial charge in [0.1, 0.15) is 10.7 Å². The van der Waals surface area contributed by atoms with Gasteiger partial charge in [0, 0.05) is 52.4 Å². The summed E-state index contributed by atoms with van der Waals surface area (Å²) in [6, 6.07) is 60.1. The summed E-state index contributed by atoms with van der Waals surface area (Å²) in [6.45, 7) is 0. The van der Waals surface area contributed by atoms with Gasteiger partial charge >= 0.3 is 0 Å². The zero-order valence-corrected chi connectivity index (χ0v) is 28.3. The number of aromatic nitrogens is 3. The highest BCUT2D eigenvalue weighted by Gasteiger charge is 2.24. The number of fused-ring (bicyclic) bond motifs is 6. The summed E-state index contributed by atoms with van der Waals surface area (Å²) in [6.07, 6.45) is -1.74. The van der Waals surface area contributed by atoms with E-state index in [0.717, 1.165) is 81.4 Å². The number of pyridine rings is 1. The largest absolute Gasteiger partial charge is 0.291 e. The van der Waals surface area contributed by atoms with Gasteiger partial charge in [0.15, 0.2) is 0 Å². The molecule has 0 N–H and O–H groups in total. The van der Waals surface area contributed by atoms with E-state index in [2.05, 4.69) is 138 Å². The first kappa shape index (κ1) is 27.5. The fourth-order valence-electron chi connectivity index (χ4n) is 7.30. The zero-order valence-electron chi connectivity index (χ0n) is 29.5. The number of nitrogens with zero attached hydrogens (tertiary/aromatic N) is 3. The summed E-state index contributed by atoms with van der Waals surface area (Å²) >= 11 is 1.60. The second-order valence-corrected chi connectivity index (χ2v) is 13.7. The van der Waals surface area contributed by atoms with Crippen LogP contribution < -0.4 is 0 Å². The highest BCUT2D eigenvalue weighted by molar-refractivity contribution is 7.26. The second-order valence-electron chi connectivity index (χ2n) is 12.7. The summed E-state index contributed by atoms with van der Waals surface area (Å²) in [4.78, 5) is 11.3. The van der Waals surface area contributed by atoms with Gasteiger partial charge < -0.3 is 0 Å². The van der Waals surface area contributed by atoms with Gasteiger partial charge in [-0.2, -0.15) is 0 Å². The summed E-state index contributed by atoms with van der Waals surface area (Å²) in [5.74, 6) is 0.842. The predicted octanol–water partition coefficient (Wildman–Crippen LogP) is 12.5. The predicted molar refractivity (Wildman–Crippen MR) is 215 cm³/mol. The van der Waals surface area contributed by atoms with Crippen molar-refractivity contribution >= 4 is 53.4 Å². The number of hydrogen-bond acceptors (Lipinski definition) is 3. The third kappa shape index (κ3) is 5.03. The Morgan fingerprint density at radius 2 is 1.14 bits per heavy atom. The van der Waals surface area contributed by atoms with Crippen LogP contribution in [0.4, 0.5) is 0 Å². The van der Waals surface area contributed by atoms with Crippen molar-refractivity contribution in [3.63, 3.8) is 0 Å². The molecule has 7 aromatic carbocycles. The molecular weight excluding hydrogens is 639 g/mol. The van der Waals surface area contributed by atoms with Crippen molar-refractivity contribution in [1.29, 1.82) is 0 Å². The minimum atomic E-state index is -1.74. The Labute approximate surface area is 302 Å². The molecule has 0 amide bonds. The third-order valence-electron chi connectivity index (χ3n) is 9.63. The minimum absolute atomic E-state index is 0.396. The topological polar surface area (TPSA) is 30.7 Å². The molecule has 0 aliphatic heterocycles. The zero-order chi connectivity index (χ0) is 35.5. The monoisotopic (exact) mass is 671 g/mol. The molecule has 4 heteroatoms. The van der Waals surface area contributed by atoms with Crippen LogP contribution in [0.5, 0.6) is 0 Å². The van der Waals surface area contributed by atoms with Crippen molar-refractivity contribution in [2.75, 3.05) is 0 Å². The lowest BCUT2D eigenvalue weighted by molar-refractivity contribution is 1.11. The summed E-state index contributed by atoms with van der Waals surface area (Å²) in [5, 5.41) is 4.31. The molecule has 3 nitrogen and oxygen atoms in total. The maximum Gasteiger partial charge on any atom is 0.147 e. The Morgan fingerprint density at radius 3 is 1.88 bits per heavy atom. The fraction of sp³-hybridized carbons (Fsp3) is 0.0213. The van der Waals surface area contributed by atoms with E-state index in [-0.39, 0.29) is 0 Å². The van der Waals surface area contributed by atoms with Crippen LogP contribution in [0, 0.1) is 0 Å². The van der Waals surface area contributed by atoms with Crippen molar-refractivity contribution in [1.82, 2.24) is 14.5 Å². The Kier molecular flexibility index (Phi) is 6.57. The summed E-state index contributed by atoms with van der Waals surface area (Å²) < 4.78 is 21.5. The van der Waals surface area contributed by atoms with E-state index in [9.17, 15) is 0 Å². The van der Waals surface area contributed by atoms with E-state index in [0.29, 0.717) is 11.3 Å². The maximum atomic E-state index is 9.02. The molecule has 3 heterocycles. The number of benzene rings is 7. The number of thiophene rings is 1. The van der Waals surface area contributed by atoms with Crippen molar-refractivity contribution in [3.8, 4) is 39.3 Å². The van der Waals surface area contributed by atoms with Crippen molar-refractivity contribution < 1.29 is 2.74 Å². The van der Waals surface area contributed by atoms with Gasteiger partial charge in [-0.25, -0.2) is 9.97 Å². The third-order valence-corrected chi connectivity index (χ3v) is 10.8. The highest BCUT2D eigenvalue weighted by Crippen LogP contribution is 2.45. The average Bonchev–Trinajstić information content (AvgIpc) is 3.80. The summed E-state index contributed by atoms with van der Waals surface area (Å²) in [7, 11) is 0. The first-order valence-corrected chi connectivity index (χ1v) is 17.9. The Bertz CT molecular complexity index is 2910. The van der Waals surface area contributed by atoms with Crippen LogP contribution in [0.25, 0.3) is 81.4 Å². The van der Waals surface area contributed by atoms with Gasteiger partial charge in [-0.05, 0) is 46.3 Å². The SMILES string of the molecule is [2H]C([2H])(c1ccccc1)c1ccc2c(n1)sc1c(-c3nc4c5ccccc5ccc4n3-c3c(-c4ccccc4)cccc3-c3ccccc3)cccc12. The summed E-state index contributed by atoms with van der Waals surface area (Å²) in [5.41, 5.74) is 9.47. The average molecular weight is 672 g/mol. The van der Waals surface area contributed by atoms with Gasteiger partial charge in [-0.15, -0.1) is 11.3 Å². The molecule has 0 radical (unpaired) electrons. The van der Waals surface area contributed by atoms with Crippen molar-refractivity contribution in [2.45, 2.75) is 6.37 Å². The van der Waals surface area contributed by atoms with E-state index in [1.54, 1.807) is 11.3 Å². The first-order valence-electron chi connectivity index (χ1n) is 18.1. The van der Waals surface area contributed by atoms with Crippen molar-refractivity contribution in [2.24, 2.45) is 0 Å². The molecule has 0 fully saturated rings. The second kappa shape index (κ2) is 12.2. The van der Waals surface area contributed by atoms with Crippen LogP contribution in [0.2, 0.25) is 0 Å². The van der Waals surface area contributed by atoms with Crippen LogP contribution in [0.3, 0.4) is 0 Å². The number of hydrogen-bond donors (Lipinski definition) is 0. The van der Waals surface area contributed by atoms with E-state index < -0.39 is 6.37 Å². The van der Waals surface area contributed by atoms with Crippen LogP contribution in [0.15, 0.2) is 176 Å². The van der Waals surface area contributed by atoms with E-state index >= 15 is 0 Å². The molecule has 0 spiro atoms. The van der Waals surface area contributed by atoms with E-state index in [1.165, 1.54) is 0 Å². The van der Waals surface area contributed by atoms with Gasteiger partial charge in [-0.3, -0.25) is 4.57 Å². The Hall–Kier alpha value is -6.36. The number of para-hydroxylation sites is 1. The molecule has 0 saturated heterocycles. The lowest BCUT2D eigenvalue weighted by Crippen LogP contribution is -2.03. The number of imidazole rings is 1. The Morgan fingerprint density at radius 1 is 0.510 bits per heavy atom. The standard InChI is InChI=1S/C47H31N3S/c1-4-14-31(15-5-1)30-35-27-28-40-39-24-13-25-41(45(39)51-47(40)48-35)46-49-43-36-21-11-10-20-34(36)26-29-42(43)50(46)44-37(32-16-6-2-7-17-32)22-12-23-38(44)33-18-8-3-9-19-33/h1-29H,30H2/i30D2. The molecule has 0 aliphatic carbocycles. The van der Waals surface area contributed by atoms with Crippen LogP contribution in [-0.4, -0.2) is 14.5 Å². The van der Waals surface area contributed by atoms with Crippen LogP contribution in [0.1, 0.15) is 14.0 Å². The molecule has 0 atom stereocenters. The molecule has 0 aliphatic rings. The molecule has 3 aromatic heterocycles. The van der Waals surface area contributed by atoms with E-state index in [1.807, 2.05) is 42.5 Å². The smallest absolute Gasteiger partial charge is 0.147 e. The molecule has 10 aromatic rings.